The van der Waals surface area contributed by atoms with Crippen LogP contribution in [-0.4, -0.2) is 11.9 Å². The van der Waals surface area contributed by atoms with Gasteiger partial charge in [0.25, 0.3) is 0 Å². The fourth-order valence-electron chi connectivity index (χ4n) is 2.53. The number of anilines is 1. The third-order valence-corrected chi connectivity index (χ3v) is 3.64. The van der Waals surface area contributed by atoms with Crippen molar-refractivity contribution >= 4 is 11.6 Å². The van der Waals surface area contributed by atoms with E-state index in [1.54, 1.807) is 24.3 Å². The summed E-state index contributed by atoms with van der Waals surface area (Å²) in [5.41, 5.74) is 7.10. The van der Waals surface area contributed by atoms with Crippen LogP contribution >= 0.6 is 0 Å². The van der Waals surface area contributed by atoms with Crippen LogP contribution < -0.4 is 11.1 Å². The normalized spacial score (nSPS) is 22.5. The van der Waals surface area contributed by atoms with Crippen molar-refractivity contribution in [2.45, 2.75) is 38.1 Å². The van der Waals surface area contributed by atoms with Gasteiger partial charge in [0, 0.05) is 18.2 Å². The highest BCUT2D eigenvalue weighted by atomic mass is 16.1. The molecular weight excluding hydrogens is 238 g/mol. The minimum Gasteiger partial charge on any atom is -0.328 e. The van der Waals surface area contributed by atoms with Crippen LogP contribution in [0.1, 0.15) is 37.7 Å². The summed E-state index contributed by atoms with van der Waals surface area (Å²) in [6.07, 6.45) is 4.65. The molecule has 4 nitrogen and oxygen atoms in total. The zero-order valence-electron chi connectivity index (χ0n) is 10.9. The SMILES string of the molecule is N#Cc1cccc(NC(=O)CC2CCC(N)CC2)c1. The average Bonchev–Trinajstić information content (AvgIpc) is 2.41. The Morgan fingerprint density at radius 3 is 2.79 bits per heavy atom. The van der Waals surface area contributed by atoms with Gasteiger partial charge in [0.05, 0.1) is 11.6 Å². The predicted molar refractivity (Wildman–Crippen MR) is 74.3 cm³/mol. The number of nitriles is 1. The maximum Gasteiger partial charge on any atom is 0.224 e. The molecule has 1 aromatic carbocycles. The summed E-state index contributed by atoms with van der Waals surface area (Å²) < 4.78 is 0. The van der Waals surface area contributed by atoms with Crippen LogP contribution in [0.15, 0.2) is 24.3 Å². The molecule has 1 amide bonds. The van der Waals surface area contributed by atoms with Gasteiger partial charge in [-0.1, -0.05) is 6.07 Å². The van der Waals surface area contributed by atoms with E-state index >= 15 is 0 Å². The largest absolute Gasteiger partial charge is 0.328 e. The fraction of sp³-hybridized carbons (Fsp3) is 0.467. The molecule has 1 aliphatic rings. The number of amides is 1. The van der Waals surface area contributed by atoms with Crippen molar-refractivity contribution in [3.63, 3.8) is 0 Å². The number of hydrogen-bond donors (Lipinski definition) is 2. The Labute approximate surface area is 113 Å². The Morgan fingerprint density at radius 1 is 1.37 bits per heavy atom. The first-order valence-corrected chi connectivity index (χ1v) is 6.73. The van der Waals surface area contributed by atoms with E-state index < -0.39 is 0 Å². The summed E-state index contributed by atoms with van der Waals surface area (Å²) in [6, 6.07) is 9.36. The van der Waals surface area contributed by atoms with Gasteiger partial charge >= 0.3 is 0 Å². The molecule has 1 aliphatic carbocycles. The minimum atomic E-state index is 0.0237. The quantitative estimate of drug-likeness (QED) is 0.872. The lowest BCUT2D eigenvalue weighted by molar-refractivity contribution is -0.117. The van der Waals surface area contributed by atoms with Gasteiger partial charge in [-0.15, -0.1) is 0 Å². The second kappa shape index (κ2) is 6.35. The lowest BCUT2D eigenvalue weighted by Gasteiger charge is -2.25. The monoisotopic (exact) mass is 257 g/mol. The average molecular weight is 257 g/mol. The topological polar surface area (TPSA) is 78.9 Å². The van der Waals surface area contributed by atoms with E-state index in [-0.39, 0.29) is 5.91 Å². The second-order valence-electron chi connectivity index (χ2n) is 5.23. The Hall–Kier alpha value is -1.86. The number of nitrogens with one attached hydrogen (secondary N) is 1. The Kier molecular flexibility index (Phi) is 4.53. The molecule has 0 saturated heterocycles. The van der Waals surface area contributed by atoms with Crippen LogP contribution in [0.3, 0.4) is 0 Å². The van der Waals surface area contributed by atoms with Crippen LogP contribution in [-0.2, 0) is 4.79 Å². The standard InChI is InChI=1S/C15H19N3O/c16-10-12-2-1-3-14(8-12)18-15(19)9-11-4-6-13(17)7-5-11/h1-3,8,11,13H,4-7,9,17H2,(H,18,19). The maximum absolute atomic E-state index is 11.9. The molecule has 100 valence electrons. The molecule has 4 heteroatoms. The molecule has 0 unspecified atom stereocenters. The number of benzene rings is 1. The highest BCUT2D eigenvalue weighted by Gasteiger charge is 2.20. The van der Waals surface area contributed by atoms with Gasteiger partial charge in [-0.25, -0.2) is 0 Å². The summed E-state index contributed by atoms with van der Waals surface area (Å²) >= 11 is 0. The highest BCUT2D eigenvalue weighted by Crippen LogP contribution is 2.26. The molecule has 1 fully saturated rings. The molecule has 19 heavy (non-hydrogen) atoms. The number of hydrogen-bond acceptors (Lipinski definition) is 3. The first-order valence-electron chi connectivity index (χ1n) is 6.73. The highest BCUT2D eigenvalue weighted by molar-refractivity contribution is 5.91. The van der Waals surface area contributed by atoms with Gasteiger partial charge in [-0.05, 0) is 49.8 Å². The van der Waals surface area contributed by atoms with Crippen molar-refractivity contribution < 1.29 is 4.79 Å². The first-order chi connectivity index (χ1) is 9.17. The molecule has 0 spiro atoms. The van der Waals surface area contributed by atoms with Crippen molar-refractivity contribution in [3.8, 4) is 6.07 Å². The van der Waals surface area contributed by atoms with Crippen LogP contribution in [0.4, 0.5) is 5.69 Å². The second-order valence-corrected chi connectivity index (χ2v) is 5.23. The summed E-state index contributed by atoms with van der Waals surface area (Å²) in [6.45, 7) is 0. The fourth-order valence-corrected chi connectivity index (χ4v) is 2.53. The summed E-state index contributed by atoms with van der Waals surface area (Å²) in [5, 5.41) is 11.7. The van der Waals surface area contributed by atoms with Crippen LogP contribution in [0, 0.1) is 17.2 Å². The lowest BCUT2D eigenvalue weighted by Crippen LogP contribution is -2.28. The van der Waals surface area contributed by atoms with Gasteiger partial charge in [0.2, 0.25) is 5.91 Å². The number of rotatable bonds is 3. The van der Waals surface area contributed by atoms with Crippen LogP contribution in [0.2, 0.25) is 0 Å². The third-order valence-electron chi connectivity index (χ3n) is 3.64. The van der Waals surface area contributed by atoms with E-state index in [2.05, 4.69) is 11.4 Å². The van der Waals surface area contributed by atoms with E-state index in [0.717, 1.165) is 25.7 Å². The molecular formula is C15H19N3O. The van der Waals surface area contributed by atoms with Crippen molar-refractivity contribution in [3.05, 3.63) is 29.8 Å². The number of nitrogens with zero attached hydrogens (tertiary/aromatic N) is 1. The van der Waals surface area contributed by atoms with E-state index in [1.165, 1.54) is 0 Å². The zero-order chi connectivity index (χ0) is 13.7. The van der Waals surface area contributed by atoms with Gasteiger partial charge in [-0.3, -0.25) is 4.79 Å². The molecule has 2 rings (SSSR count). The predicted octanol–water partition coefficient (Wildman–Crippen LogP) is 2.40. The molecule has 0 aliphatic heterocycles. The lowest BCUT2D eigenvalue weighted by atomic mass is 9.84. The molecule has 3 N–H and O–H groups in total. The summed E-state index contributed by atoms with van der Waals surface area (Å²) in [5.74, 6) is 0.467. The summed E-state index contributed by atoms with van der Waals surface area (Å²) in [4.78, 5) is 11.9. The maximum atomic E-state index is 11.9. The van der Waals surface area contributed by atoms with Gasteiger partial charge in [0.15, 0.2) is 0 Å². The zero-order valence-corrected chi connectivity index (χ0v) is 10.9. The van der Waals surface area contributed by atoms with Crippen molar-refractivity contribution in [2.75, 3.05) is 5.32 Å². The van der Waals surface area contributed by atoms with Crippen LogP contribution in [0.25, 0.3) is 0 Å². The molecule has 0 heterocycles. The molecule has 0 atom stereocenters. The smallest absolute Gasteiger partial charge is 0.224 e. The van der Waals surface area contributed by atoms with Crippen molar-refractivity contribution in [2.24, 2.45) is 11.7 Å². The minimum absolute atomic E-state index is 0.0237. The summed E-state index contributed by atoms with van der Waals surface area (Å²) in [7, 11) is 0. The number of carbonyl (C=O) groups excluding carboxylic acids is 1. The number of nitrogens with two attached hydrogens (primary N) is 1. The van der Waals surface area contributed by atoms with Crippen molar-refractivity contribution in [1.29, 1.82) is 5.26 Å². The Bertz CT molecular complexity index is 484. The van der Waals surface area contributed by atoms with E-state index in [0.29, 0.717) is 29.6 Å². The Balaban J connectivity index is 1.85. The third kappa shape index (κ3) is 4.08. The molecule has 1 saturated carbocycles. The van der Waals surface area contributed by atoms with Gasteiger partial charge in [0.1, 0.15) is 0 Å². The van der Waals surface area contributed by atoms with E-state index in [1.807, 2.05) is 0 Å². The molecule has 0 aromatic heterocycles. The van der Waals surface area contributed by atoms with Crippen LogP contribution in [0.5, 0.6) is 0 Å². The molecule has 1 aromatic rings. The molecule has 0 radical (unpaired) electrons. The first kappa shape index (κ1) is 13.6. The van der Waals surface area contributed by atoms with E-state index in [9.17, 15) is 4.79 Å². The van der Waals surface area contributed by atoms with Gasteiger partial charge < -0.3 is 11.1 Å². The van der Waals surface area contributed by atoms with Crippen molar-refractivity contribution in [1.82, 2.24) is 0 Å². The van der Waals surface area contributed by atoms with E-state index in [4.69, 9.17) is 11.0 Å². The number of carbonyl (C=O) groups is 1. The van der Waals surface area contributed by atoms with Gasteiger partial charge in [-0.2, -0.15) is 5.26 Å². The molecule has 0 bridgehead atoms. The Morgan fingerprint density at radius 2 is 2.11 bits per heavy atom.